The molecule has 0 spiro atoms. The summed E-state index contributed by atoms with van der Waals surface area (Å²) in [7, 11) is -2.96. The Morgan fingerprint density at radius 2 is 1.92 bits per heavy atom. The van der Waals surface area contributed by atoms with Crippen LogP contribution in [0, 0.1) is 0 Å². The lowest BCUT2D eigenvalue weighted by Crippen LogP contribution is -3.16. The lowest BCUT2D eigenvalue weighted by Gasteiger charge is -2.35. The van der Waals surface area contributed by atoms with Gasteiger partial charge >= 0.3 is 0 Å². The van der Waals surface area contributed by atoms with Crippen LogP contribution in [0.3, 0.4) is 0 Å². The number of sulfone groups is 1. The molecule has 138 valence electrons. The van der Waals surface area contributed by atoms with Gasteiger partial charge in [-0.2, -0.15) is 0 Å². The van der Waals surface area contributed by atoms with Gasteiger partial charge in [0, 0.05) is 18.3 Å². The monoisotopic (exact) mass is 366 g/mol. The molecule has 7 heteroatoms. The summed E-state index contributed by atoms with van der Waals surface area (Å²) in [5, 5.41) is 0. The molecule has 2 saturated heterocycles. The van der Waals surface area contributed by atoms with E-state index in [1.54, 1.807) is 4.90 Å². The Bertz CT molecular complexity index is 685. The van der Waals surface area contributed by atoms with Crippen LogP contribution in [0.25, 0.3) is 0 Å². The molecule has 1 N–H and O–H groups in total. The van der Waals surface area contributed by atoms with Crippen molar-refractivity contribution in [1.82, 2.24) is 4.90 Å². The number of nitrogens with zero attached hydrogens (tertiary/aromatic N) is 2. The molecule has 3 rings (SSSR count). The highest BCUT2D eigenvalue weighted by atomic mass is 32.2. The zero-order valence-electron chi connectivity index (χ0n) is 14.9. The van der Waals surface area contributed by atoms with Crippen LogP contribution in [-0.2, 0) is 14.6 Å². The van der Waals surface area contributed by atoms with Gasteiger partial charge in [-0.05, 0) is 25.5 Å². The second-order valence-corrected chi connectivity index (χ2v) is 9.21. The Hall–Kier alpha value is -1.60. The zero-order valence-corrected chi connectivity index (χ0v) is 15.7. The number of hydrogen-bond acceptors (Lipinski definition) is 4. The zero-order chi connectivity index (χ0) is 17.9. The first kappa shape index (κ1) is 18.2. The minimum Gasteiger partial charge on any atom is -0.360 e. The van der Waals surface area contributed by atoms with Gasteiger partial charge in [-0.1, -0.05) is 18.2 Å². The number of hydrogen-bond donors (Lipinski definition) is 1. The van der Waals surface area contributed by atoms with E-state index in [0.29, 0.717) is 19.5 Å². The molecule has 2 aliphatic rings. The molecule has 2 aliphatic heterocycles. The number of benzene rings is 1. The number of para-hydroxylation sites is 1. The predicted octanol–water partition coefficient (Wildman–Crippen LogP) is -0.573. The van der Waals surface area contributed by atoms with Gasteiger partial charge in [-0.3, -0.25) is 4.79 Å². The van der Waals surface area contributed by atoms with E-state index in [-0.39, 0.29) is 23.5 Å². The molecule has 0 aliphatic carbocycles. The van der Waals surface area contributed by atoms with Crippen LogP contribution in [0.2, 0.25) is 0 Å². The van der Waals surface area contributed by atoms with Crippen LogP contribution in [0.1, 0.15) is 13.3 Å². The third-order valence-corrected chi connectivity index (χ3v) is 7.05. The van der Waals surface area contributed by atoms with E-state index in [9.17, 15) is 13.2 Å². The summed E-state index contributed by atoms with van der Waals surface area (Å²) in [5.41, 5.74) is 1.24. The van der Waals surface area contributed by atoms with Gasteiger partial charge < -0.3 is 14.7 Å². The summed E-state index contributed by atoms with van der Waals surface area (Å²) in [4.78, 5) is 18.1. The highest BCUT2D eigenvalue weighted by Gasteiger charge is 2.35. The largest absolute Gasteiger partial charge is 0.360 e. The number of likely N-dealkylation sites (N-methyl/N-ethyl adjacent to an activating group) is 1. The molecular formula is C18H28N3O3S+. The maximum Gasteiger partial charge on any atom is 0.278 e. The van der Waals surface area contributed by atoms with Gasteiger partial charge in [0.2, 0.25) is 0 Å². The van der Waals surface area contributed by atoms with Gasteiger partial charge in [0.15, 0.2) is 16.4 Å². The van der Waals surface area contributed by atoms with Crippen molar-refractivity contribution < 1.29 is 18.1 Å². The fourth-order valence-corrected chi connectivity index (χ4v) is 5.60. The normalized spacial score (nSPS) is 23.6. The molecule has 0 saturated carbocycles. The maximum atomic E-state index is 12.7. The standard InChI is InChI=1S/C18H27N3O3S/c1-2-21(17-8-13-25(23,24)15-17)18(22)14-19-9-11-20(12-10-19)16-6-4-3-5-7-16/h3-7,17H,2,8-15H2,1H3/p+1/t17-/m0/s1. The highest BCUT2D eigenvalue weighted by Crippen LogP contribution is 2.17. The Morgan fingerprint density at radius 1 is 1.24 bits per heavy atom. The number of quaternary nitrogens is 1. The molecule has 1 aromatic rings. The Balaban J connectivity index is 1.52. The van der Waals surface area contributed by atoms with Gasteiger partial charge in [-0.15, -0.1) is 0 Å². The van der Waals surface area contributed by atoms with Gasteiger partial charge in [0.1, 0.15) is 0 Å². The van der Waals surface area contributed by atoms with E-state index in [4.69, 9.17) is 0 Å². The van der Waals surface area contributed by atoms with E-state index in [2.05, 4.69) is 17.0 Å². The number of anilines is 1. The fourth-order valence-electron chi connectivity index (χ4n) is 3.87. The van der Waals surface area contributed by atoms with Gasteiger partial charge in [0.25, 0.3) is 5.91 Å². The second-order valence-electron chi connectivity index (χ2n) is 6.99. The van der Waals surface area contributed by atoms with Crippen LogP contribution in [0.4, 0.5) is 5.69 Å². The Kier molecular flexibility index (Phi) is 5.64. The molecule has 0 radical (unpaired) electrons. The molecule has 1 aromatic carbocycles. The Labute approximate surface area is 150 Å². The number of carbonyl (C=O) groups is 1. The summed E-state index contributed by atoms with van der Waals surface area (Å²) in [6.07, 6.45) is 0.582. The van der Waals surface area contributed by atoms with Crippen LogP contribution in [0.15, 0.2) is 30.3 Å². The SMILES string of the molecule is CCN(C(=O)C[NH+]1CCN(c2ccccc2)CC1)[C@H]1CCS(=O)(=O)C1. The van der Waals surface area contributed by atoms with E-state index in [0.717, 1.165) is 26.2 Å². The minimum absolute atomic E-state index is 0.0905. The summed E-state index contributed by atoms with van der Waals surface area (Å²) in [6, 6.07) is 10.2. The van der Waals surface area contributed by atoms with Crippen LogP contribution in [-0.4, -0.2) is 76.0 Å². The molecule has 0 unspecified atom stereocenters. The summed E-state index contributed by atoms with van der Waals surface area (Å²) < 4.78 is 23.4. The molecule has 1 atom stereocenters. The highest BCUT2D eigenvalue weighted by molar-refractivity contribution is 7.91. The number of nitrogens with one attached hydrogen (secondary N) is 1. The first-order chi connectivity index (χ1) is 12.0. The van der Waals surface area contributed by atoms with Crippen molar-refractivity contribution >= 4 is 21.4 Å². The minimum atomic E-state index is -2.96. The number of piperazine rings is 1. The van der Waals surface area contributed by atoms with Crippen molar-refractivity contribution in [3.05, 3.63) is 30.3 Å². The lowest BCUT2D eigenvalue weighted by molar-refractivity contribution is -0.892. The molecule has 2 heterocycles. The molecule has 1 amide bonds. The fraction of sp³-hybridized carbons (Fsp3) is 0.611. The van der Waals surface area contributed by atoms with Crippen molar-refractivity contribution in [3.8, 4) is 0 Å². The third kappa shape index (κ3) is 4.52. The smallest absolute Gasteiger partial charge is 0.278 e. The number of rotatable bonds is 5. The predicted molar refractivity (Wildman–Crippen MR) is 98.7 cm³/mol. The van der Waals surface area contributed by atoms with Crippen LogP contribution >= 0.6 is 0 Å². The van der Waals surface area contributed by atoms with E-state index >= 15 is 0 Å². The summed E-state index contributed by atoms with van der Waals surface area (Å²) >= 11 is 0. The average molecular weight is 367 g/mol. The molecule has 0 aromatic heterocycles. The van der Waals surface area contributed by atoms with Crippen molar-refractivity contribution in [1.29, 1.82) is 0 Å². The summed E-state index contributed by atoms with van der Waals surface area (Å²) in [5.74, 6) is 0.432. The van der Waals surface area contributed by atoms with Crippen LogP contribution < -0.4 is 9.80 Å². The maximum absolute atomic E-state index is 12.7. The third-order valence-electron chi connectivity index (χ3n) is 5.30. The average Bonchev–Trinajstić information content (AvgIpc) is 2.96. The van der Waals surface area contributed by atoms with Crippen molar-refractivity contribution in [3.63, 3.8) is 0 Å². The van der Waals surface area contributed by atoms with Crippen LogP contribution in [0.5, 0.6) is 0 Å². The number of carbonyl (C=O) groups excluding carboxylic acids is 1. The van der Waals surface area contributed by atoms with Gasteiger partial charge in [0.05, 0.1) is 37.7 Å². The molecule has 6 nitrogen and oxygen atoms in total. The first-order valence-electron chi connectivity index (χ1n) is 9.12. The van der Waals surface area contributed by atoms with Crippen molar-refractivity contribution in [2.45, 2.75) is 19.4 Å². The van der Waals surface area contributed by atoms with E-state index in [1.165, 1.54) is 10.6 Å². The second kappa shape index (κ2) is 7.74. The quantitative estimate of drug-likeness (QED) is 0.758. The first-order valence-corrected chi connectivity index (χ1v) is 10.9. The topological polar surface area (TPSA) is 62.1 Å². The van der Waals surface area contributed by atoms with E-state index in [1.807, 2.05) is 25.1 Å². The molecule has 25 heavy (non-hydrogen) atoms. The molecule has 2 fully saturated rings. The Morgan fingerprint density at radius 3 is 2.48 bits per heavy atom. The van der Waals surface area contributed by atoms with E-state index < -0.39 is 9.84 Å². The molecular weight excluding hydrogens is 338 g/mol. The molecule has 0 bridgehead atoms. The number of amides is 1. The lowest BCUT2D eigenvalue weighted by atomic mass is 10.2. The summed E-state index contributed by atoms with van der Waals surface area (Å²) in [6.45, 7) is 6.73. The van der Waals surface area contributed by atoms with Crippen molar-refractivity contribution in [2.24, 2.45) is 0 Å². The van der Waals surface area contributed by atoms with Gasteiger partial charge in [-0.25, -0.2) is 8.42 Å². The van der Waals surface area contributed by atoms with Crippen molar-refractivity contribution in [2.75, 3.05) is 55.7 Å².